The molecule has 2 amide bonds. The van der Waals surface area contributed by atoms with Crippen molar-refractivity contribution in [3.63, 3.8) is 0 Å². The summed E-state index contributed by atoms with van der Waals surface area (Å²) in [6.45, 7) is -1.21. The lowest BCUT2D eigenvalue weighted by Gasteiger charge is -2.38. The van der Waals surface area contributed by atoms with Crippen LogP contribution in [0.1, 0.15) is 53.7 Å². The van der Waals surface area contributed by atoms with Gasteiger partial charge in [0.1, 0.15) is 11.2 Å². The molecule has 45 heavy (non-hydrogen) atoms. The van der Waals surface area contributed by atoms with E-state index in [4.69, 9.17) is 4.42 Å². The maximum atomic E-state index is 13.5. The molecule has 14 heteroatoms. The molecule has 0 bridgehead atoms. The van der Waals surface area contributed by atoms with Crippen molar-refractivity contribution in [2.24, 2.45) is 5.92 Å². The van der Waals surface area contributed by atoms with Gasteiger partial charge in [0, 0.05) is 49.5 Å². The number of anilines is 1. The van der Waals surface area contributed by atoms with E-state index in [1.54, 1.807) is 41.4 Å². The van der Waals surface area contributed by atoms with Crippen molar-refractivity contribution in [3.8, 4) is 11.5 Å². The van der Waals surface area contributed by atoms with Gasteiger partial charge in [-0.1, -0.05) is 41.5 Å². The standard InChI is InChI=1S/C31H29F2N9O3/c32-31(33)42-38-27(37-39-42)26(19-5-2-1-3-6-19)40-13-15-41(16-14-40)30(44)24-17-21(11-12-34-24)29-36-23-18-22(9-10-25(23)45-29)35-28(43)20-7-4-8-20/h1-3,5-6,9-12,17-18,20,26,31H,4,7-8,13-16H2,(H,35,43). The molecule has 1 N–H and O–H groups in total. The van der Waals surface area contributed by atoms with E-state index in [2.05, 4.69) is 35.6 Å². The number of hydrogen-bond acceptors (Lipinski definition) is 9. The number of halogens is 2. The molecule has 3 aromatic heterocycles. The number of amides is 2. The number of fused-ring (bicyclic) bond motifs is 1. The Morgan fingerprint density at radius 1 is 0.978 bits per heavy atom. The minimum absolute atomic E-state index is 0.0224. The van der Waals surface area contributed by atoms with E-state index in [9.17, 15) is 18.4 Å². The Balaban J connectivity index is 1.05. The molecule has 2 aromatic carbocycles. The normalized spacial score (nSPS) is 16.6. The van der Waals surface area contributed by atoms with Crippen molar-refractivity contribution in [1.29, 1.82) is 0 Å². The van der Waals surface area contributed by atoms with E-state index in [0.29, 0.717) is 59.2 Å². The molecule has 2 fully saturated rings. The van der Waals surface area contributed by atoms with Crippen LogP contribution in [0.2, 0.25) is 0 Å². The lowest BCUT2D eigenvalue weighted by atomic mass is 9.85. The minimum Gasteiger partial charge on any atom is -0.436 e. The molecule has 1 unspecified atom stereocenters. The average molecular weight is 614 g/mol. The Hall–Kier alpha value is -5.11. The van der Waals surface area contributed by atoms with Crippen molar-refractivity contribution in [2.75, 3.05) is 31.5 Å². The van der Waals surface area contributed by atoms with Gasteiger partial charge >= 0.3 is 6.55 Å². The molecule has 1 saturated heterocycles. The van der Waals surface area contributed by atoms with Crippen LogP contribution in [0.5, 0.6) is 0 Å². The molecule has 1 saturated carbocycles. The molecule has 5 aromatic rings. The van der Waals surface area contributed by atoms with Gasteiger partial charge in [-0.2, -0.15) is 8.78 Å². The summed E-state index contributed by atoms with van der Waals surface area (Å²) in [5.41, 5.74) is 3.50. The molecule has 1 aliphatic heterocycles. The Morgan fingerprint density at radius 3 is 2.49 bits per heavy atom. The van der Waals surface area contributed by atoms with Gasteiger partial charge in [-0.3, -0.25) is 19.5 Å². The van der Waals surface area contributed by atoms with Gasteiger partial charge in [-0.05, 0) is 54.0 Å². The first-order chi connectivity index (χ1) is 21.9. The lowest BCUT2D eigenvalue weighted by molar-refractivity contribution is -0.122. The predicted octanol–water partition coefficient (Wildman–Crippen LogP) is 4.56. The van der Waals surface area contributed by atoms with Gasteiger partial charge in [0.05, 0.1) is 6.04 Å². The van der Waals surface area contributed by atoms with Gasteiger partial charge in [-0.25, -0.2) is 4.98 Å². The molecule has 12 nitrogen and oxygen atoms in total. The number of aromatic nitrogens is 6. The highest BCUT2D eigenvalue weighted by molar-refractivity contribution is 5.95. The number of oxazole rings is 1. The van der Waals surface area contributed by atoms with E-state index < -0.39 is 12.6 Å². The number of carbonyl (C=O) groups is 2. The molecule has 2 aliphatic rings. The van der Waals surface area contributed by atoms with Crippen molar-refractivity contribution < 1.29 is 22.8 Å². The predicted molar refractivity (Wildman–Crippen MR) is 158 cm³/mol. The molecule has 0 spiro atoms. The highest BCUT2D eigenvalue weighted by Crippen LogP contribution is 2.31. The molecule has 1 atom stereocenters. The lowest BCUT2D eigenvalue weighted by Crippen LogP contribution is -2.50. The first kappa shape index (κ1) is 28.6. The van der Waals surface area contributed by atoms with Crippen molar-refractivity contribution in [3.05, 3.63) is 83.9 Å². The second kappa shape index (κ2) is 12.1. The molecular formula is C31H29F2N9O3. The van der Waals surface area contributed by atoms with Crippen LogP contribution in [0, 0.1) is 5.92 Å². The smallest absolute Gasteiger partial charge is 0.350 e. The van der Waals surface area contributed by atoms with Gasteiger partial charge in [0.2, 0.25) is 11.8 Å². The zero-order chi connectivity index (χ0) is 30.9. The quantitative estimate of drug-likeness (QED) is 0.267. The third-order valence-corrected chi connectivity index (χ3v) is 8.30. The Kier molecular flexibility index (Phi) is 7.71. The van der Waals surface area contributed by atoms with Crippen LogP contribution < -0.4 is 5.32 Å². The zero-order valence-corrected chi connectivity index (χ0v) is 24.1. The molecule has 7 rings (SSSR count). The van der Waals surface area contributed by atoms with Crippen molar-refractivity contribution >= 4 is 28.6 Å². The highest BCUT2D eigenvalue weighted by atomic mass is 19.3. The number of piperazine rings is 1. The fraction of sp³-hybridized carbons (Fsp3) is 0.323. The van der Waals surface area contributed by atoms with Crippen LogP contribution in [0.15, 0.2) is 71.3 Å². The second-order valence-electron chi connectivity index (χ2n) is 11.1. The van der Waals surface area contributed by atoms with E-state index in [0.717, 1.165) is 24.8 Å². The van der Waals surface area contributed by atoms with Crippen LogP contribution in [0.3, 0.4) is 0 Å². The SMILES string of the molecule is O=C(Nc1ccc2oc(-c3ccnc(C(=O)N4CCN(C(c5ccccc5)c5nnn(C(F)F)n5)CC4)c3)nc2c1)C1CCC1. The number of alkyl halides is 2. The summed E-state index contributed by atoms with van der Waals surface area (Å²) in [7, 11) is 0. The molecule has 4 heterocycles. The van der Waals surface area contributed by atoms with Crippen LogP contribution in [0.4, 0.5) is 14.5 Å². The number of rotatable bonds is 8. The Bertz CT molecular complexity index is 1830. The van der Waals surface area contributed by atoms with E-state index in [-0.39, 0.29) is 29.3 Å². The molecule has 230 valence electrons. The number of hydrogen-bond donors (Lipinski definition) is 1. The van der Waals surface area contributed by atoms with Crippen LogP contribution in [0.25, 0.3) is 22.6 Å². The van der Waals surface area contributed by atoms with Crippen LogP contribution in [-0.2, 0) is 4.79 Å². The first-order valence-corrected chi connectivity index (χ1v) is 14.8. The van der Waals surface area contributed by atoms with Crippen molar-refractivity contribution in [1.82, 2.24) is 40.0 Å². The fourth-order valence-corrected chi connectivity index (χ4v) is 5.66. The number of carbonyl (C=O) groups excluding carboxylic acids is 2. The maximum Gasteiger partial charge on any atom is 0.350 e. The number of nitrogens with zero attached hydrogens (tertiary/aromatic N) is 8. The van der Waals surface area contributed by atoms with Gasteiger partial charge < -0.3 is 14.6 Å². The number of tetrazole rings is 1. The molecule has 0 radical (unpaired) electrons. The number of pyridine rings is 1. The monoisotopic (exact) mass is 613 g/mol. The zero-order valence-electron chi connectivity index (χ0n) is 24.1. The largest absolute Gasteiger partial charge is 0.436 e. The van der Waals surface area contributed by atoms with Gasteiger partial charge in [0.15, 0.2) is 11.4 Å². The van der Waals surface area contributed by atoms with E-state index in [1.165, 1.54) is 0 Å². The second-order valence-corrected chi connectivity index (χ2v) is 11.1. The summed E-state index contributed by atoms with van der Waals surface area (Å²) in [5, 5.41) is 14.3. The van der Waals surface area contributed by atoms with E-state index >= 15 is 0 Å². The average Bonchev–Trinajstić information content (AvgIpc) is 3.69. The summed E-state index contributed by atoms with van der Waals surface area (Å²) in [4.78, 5) is 38.8. The summed E-state index contributed by atoms with van der Waals surface area (Å²) < 4.78 is 32.3. The third kappa shape index (κ3) is 5.88. The Labute approximate surface area is 256 Å². The van der Waals surface area contributed by atoms with Crippen LogP contribution in [-0.4, -0.2) is 78.0 Å². The van der Waals surface area contributed by atoms with Gasteiger partial charge in [0.25, 0.3) is 5.91 Å². The number of benzene rings is 2. The highest BCUT2D eigenvalue weighted by Gasteiger charge is 2.32. The summed E-state index contributed by atoms with van der Waals surface area (Å²) in [5.74, 6) is 0.355. The van der Waals surface area contributed by atoms with Crippen molar-refractivity contribution in [2.45, 2.75) is 31.9 Å². The summed E-state index contributed by atoms with van der Waals surface area (Å²) in [6, 6.07) is 17.6. The summed E-state index contributed by atoms with van der Waals surface area (Å²) >= 11 is 0. The first-order valence-electron chi connectivity index (χ1n) is 14.8. The summed E-state index contributed by atoms with van der Waals surface area (Å²) in [6.07, 6.45) is 4.46. The van der Waals surface area contributed by atoms with E-state index in [1.807, 2.05) is 30.3 Å². The minimum atomic E-state index is -2.89. The topological polar surface area (TPSA) is 135 Å². The fourth-order valence-electron chi connectivity index (χ4n) is 5.66. The molecular weight excluding hydrogens is 584 g/mol. The Morgan fingerprint density at radius 2 is 1.78 bits per heavy atom. The molecule has 1 aliphatic carbocycles. The third-order valence-electron chi connectivity index (χ3n) is 8.30. The number of nitrogens with one attached hydrogen (secondary N) is 1. The van der Waals surface area contributed by atoms with Gasteiger partial charge in [-0.15, -0.1) is 10.2 Å². The maximum absolute atomic E-state index is 13.5. The van der Waals surface area contributed by atoms with Crippen LogP contribution >= 0.6 is 0 Å².